The number of phenols is 2. The second-order valence-corrected chi connectivity index (χ2v) is 10.9. The number of rotatable bonds is 18. The van der Waals surface area contributed by atoms with Gasteiger partial charge in [0.05, 0.1) is 5.56 Å². The van der Waals surface area contributed by atoms with Crippen LogP contribution in [-0.4, -0.2) is 75.6 Å². The molecular formula is C29H47N5O8. The van der Waals surface area contributed by atoms with Crippen molar-refractivity contribution >= 4 is 29.6 Å². The number of hydrogen-bond donors (Lipinski definition) is 8. The second kappa shape index (κ2) is 17.8. The normalized spacial score (nSPS) is 14.6. The Morgan fingerprint density at radius 1 is 0.810 bits per heavy atom. The Morgan fingerprint density at radius 2 is 1.43 bits per heavy atom. The first-order valence-corrected chi connectivity index (χ1v) is 14.4. The molecule has 0 aliphatic rings. The van der Waals surface area contributed by atoms with Gasteiger partial charge in [0, 0.05) is 0 Å². The van der Waals surface area contributed by atoms with Gasteiger partial charge in [-0.1, -0.05) is 41.0 Å². The van der Waals surface area contributed by atoms with Crippen LogP contribution in [0.5, 0.6) is 11.5 Å². The molecule has 42 heavy (non-hydrogen) atoms. The number of benzene rings is 1. The molecule has 0 fully saturated rings. The lowest BCUT2D eigenvalue weighted by molar-refractivity contribution is -0.142. The Hall–Kier alpha value is -3.87. The molecule has 0 aliphatic carbocycles. The first-order chi connectivity index (χ1) is 19.7. The number of carboxylic acid groups (broad SMARTS) is 1. The molecule has 0 heterocycles. The number of carboxylic acids is 1. The molecule has 0 saturated heterocycles. The molecule has 4 amide bonds. The molecule has 0 saturated carbocycles. The Bertz CT molecular complexity index is 1080. The van der Waals surface area contributed by atoms with Crippen molar-refractivity contribution in [3.05, 3.63) is 23.8 Å². The van der Waals surface area contributed by atoms with E-state index in [4.69, 9.17) is 5.73 Å². The molecule has 0 bridgehead atoms. The van der Waals surface area contributed by atoms with E-state index >= 15 is 0 Å². The van der Waals surface area contributed by atoms with E-state index in [0.29, 0.717) is 25.8 Å². The number of unbranched alkanes of at least 4 members (excludes halogenated alkanes) is 1. The van der Waals surface area contributed by atoms with Crippen molar-refractivity contribution in [1.29, 1.82) is 0 Å². The molecule has 0 aliphatic heterocycles. The molecular weight excluding hydrogens is 546 g/mol. The van der Waals surface area contributed by atoms with Crippen LogP contribution in [0.4, 0.5) is 0 Å². The predicted molar refractivity (Wildman–Crippen MR) is 157 cm³/mol. The second-order valence-electron chi connectivity index (χ2n) is 10.9. The number of carbonyl (C=O) groups excluding carboxylic acids is 4. The molecule has 13 heteroatoms. The molecule has 236 valence electrons. The molecule has 1 aromatic rings. The van der Waals surface area contributed by atoms with E-state index < -0.39 is 53.8 Å². The average Bonchev–Trinajstić information content (AvgIpc) is 2.93. The fourth-order valence-corrected chi connectivity index (χ4v) is 4.23. The molecule has 1 rings (SSSR count). The Morgan fingerprint density at radius 3 is 1.98 bits per heavy atom. The van der Waals surface area contributed by atoms with E-state index in [1.807, 2.05) is 20.8 Å². The van der Waals surface area contributed by atoms with Crippen LogP contribution >= 0.6 is 0 Å². The fourth-order valence-electron chi connectivity index (χ4n) is 4.23. The number of nitrogens with two attached hydrogens (primary N) is 1. The van der Waals surface area contributed by atoms with E-state index in [2.05, 4.69) is 21.3 Å². The smallest absolute Gasteiger partial charge is 0.326 e. The quantitative estimate of drug-likeness (QED) is 0.0908. The van der Waals surface area contributed by atoms with E-state index in [1.165, 1.54) is 6.07 Å². The minimum atomic E-state index is -1.19. The van der Waals surface area contributed by atoms with E-state index in [0.717, 1.165) is 12.1 Å². The molecule has 0 radical (unpaired) electrons. The van der Waals surface area contributed by atoms with Crippen LogP contribution in [0.15, 0.2) is 18.2 Å². The third-order valence-electron chi connectivity index (χ3n) is 6.95. The number of hydrogen-bond acceptors (Lipinski definition) is 8. The van der Waals surface area contributed by atoms with Gasteiger partial charge in [-0.15, -0.1) is 0 Å². The summed E-state index contributed by atoms with van der Waals surface area (Å²) in [4.78, 5) is 64.2. The van der Waals surface area contributed by atoms with Gasteiger partial charge in [-0.05, 0) is 68.7 Å². The van der Waals surface area contributed by atoms with Gasteiger partial charge in [0.15, 0.2) is 0 Å². The molecule has 5 atom stereocenters. The first kappa shape index (κ1) is 36.2. The lowest BCUT2D eigenvalue weighted by atomic mass is 9.96. The number of aliphatic carboxylic acids is 1. The molecule has 1 aromatic carbocycles. The van der Waals surface area contributed by atoms with Crippen LogP contribution in [0.1, 0.15) is 83.5 Å². The van der Waals surface area contributed by atoms with Crippen LogP contribution in [0.3, 0.4) is 0 Å². The van der Waals surface area contributed by atoms with Crippen LogP contribution in [0.25, 0.3) is 0 Å². The molecule has 0 spiro atoms. The van der Waals surface area contributed by atoms with E-state index in [1.54, 1.807) is 13.8 Å². The van der Waals surface area contributed by atoms with Gasteiger partial charge >= 0.3 is 5.97 Å². The third-order valence-corrected chi connectivity index (χ3v) is 6.95. The summed E-state index contributed by atoms with van der Waals surface area (Å²) >= 11 is 0. The monoisotopic (exact) mass is 593 g/mol. The highest BCUT2D eigenvalue weighted by Gasteiger charge is 2.33. The standard InChI is InChI=1S/C29H47N5O8/c1-6-17(5)24(28(40)31-20(7-2)29(41)42)34-27(39)22(14-16(3)4)33-26(38)21(10-8-9-13-30)32-25(37)19-15-18(35)11-12-23(19)36/h11-12,15-17,20-22,24,35-36H,6-10,13-14,30H2,1-5H3,(H,31,40)(H,32,37)(H,33,38)(H,34,39)(H,41,42)/t17-,20-,21-,22+,24-/m0/s1. The third kappa shape index (κ3) is 11.6. The van der Waals surface area contributed by atoms with Crippen molar-refractivity contribution in [3.8, 4) is 11.5 Å². The van der Waals surface area contributed by atoms with Gasteiger partial charge in [-0.2, -0.15) is 0 Å². The minimum Gasteiger partial charge on any atom is -0.508 e. The summed E-state index contributed by atoms with van der Waals surface area (Å²) < 4.78 is 0. The number of nitrogens with one attached hydrogen (secondary N) is 4. The fraction of sp³-hybridized carbons (Fsp3) is 0.621. The summed E-state index contributed by atoms with van der Waals surface area (Å²) in [5, 5.41) is 39.6. The highest BCUT2D eigenvalue weighted by molar-refractivity contribution is 6.00. The van der Waals surface area contributed by atoms with Gasteiger partial charge < -0.3 is 42.3 Å². The predicted octanol–water partition coefficient (Wildman–Crippen LogP) is 1.37. The molecule has 9 N–H and O–H groups in total. The highest BCUT2D eigenvalue weighted by atomic mass is 16.4. The Kier molecular flexibility index (Phi) is 15.4. The Labute approximate surface area is 247 Å². The Balaban J connectivity index is 3.19. The zero-order chi connectivity index (χ0) is 32.0. The summed E-state index contributed by atoms with van der Waals surface area (Å²) in [6.45, 7) is 9.28. The van der Waals surface area contributed by atoms with Crippen molar-refractivity contribution in [2.45, 2.75) is 97.3 Å². The summed E-state index contributed by atoms with van der Waals surface area (Å²) in [7, 11) is 0. The zero-order valence-corrected chi connectivity index (χ0v) is 25.1. The number of carbonyl (C=O) groups is 5. The summed E-state index contributed by atoms with van der Waals surface area (Å²) in [6.07, 6.45) is 2.15. The van der Waals surface area contributed by atoms with E-state index in [-0.39, 0.29) is 48.2 Å². The lowest BCUT2D eigenvalue weighted by Gasteiger charge is -2.29. The van der Waals surface area contributed by atoms with Crippen LogP contribution in [-0.2, 0) is 19.2 Å². The summed E-state index contributed by atoms with van der Waals surface area (Å²) in [6, 6.07) is -0.887. The topological polar surface area (TPSA) is 220 Å². The van der Waals surface area contributed by atoms with Crippen LogP contribution < -0.4 is 27.0 Å². The molecule has 0 unspecified atom stereocenters. The zero-order valence-electron chi connectivity index (χ0n) is 25.1. The lowest BCUT2D eigenvalue weighted by Crippen LogP contribution is -2.59. The van der Waals surface area contributed by atoms with Gasteiger partial charge in [-0.25, -0.2) is 4.79 Å². The van der Waals surface area contributed by atoms with Crippen molar-refractivity contribution in [1.82, 2.24) is 21.3 Å². The minimum absolute atomic E-state index is 0.0390. The number of phenolic OH excluding ortho intramolecular Hbond substituents is 2. The van der Waals surface area contributed by atoms with Crippen LogP contribution in [0, 0.1) is 11.8 Å². The van der Waals surface area contributed by atoms with Gasteiger partial charge in [0.2, 0.25) is 17.7 Å². The van der Waals surface area contributed by atoms with Crippen molar-refractivity contribution in [3.63, 3.8) is 0 Å². The van der Waals surface area contributed by atoms with E-state index in [9.17, 15) is 39.3 Å². The maximum atomic E-state index is 13.5. The van der Waals surface area contributed by atoms with Gasteiger partial charge in [-0.3, -0.25) is 19.2 Å². The molecule has 0 aromatic heterocycles. The average molecular weight is 594 g/mol. The maximum absolute atomic E-state index is 13.5. The summed E-state index contributed by atoms with van der Waals surface area (Å²) in [5.74, 6) is -4.90. The van der Waals surface area contributed by atoms with Crippen molar-refractivity contribution in [2.24, 2.45) is 17.6 Å². The number of aromatic hydroxyl groups is 2. The maximum Gasteiger partial charge on any atom is 0.326 e. The number of amides is 4. The SMILES string of the molecule is CC[C@H](NC(=O)[C@@H](NC(=O)[C@@H](CC(C)C)NC(=O)[C@H](CCCCN)NC(=O)c1cc(O)ccc1O)[C@@H](C)CC)C(=O)O. The van der Waals surface area contributed by atoms with Gasteiger partial charge in [0.25, 0.3) is 5.91 Å². The van der Waals surface area contributed by atoms with Gasteiger partial charge in [0.1, 0.15) is 35.7 Å². The van der Waals surface area contributed by atoms with Crippen molar-refractivity contribution in [2.75, 3.05) is 6.54 Å². The van der Waals surface area contributed by atoms with Crippen molar-refractivity contribution < 1.29 is 39.3 Å². The van der Waals surface area contributed by atoms with Crippen LogP contribution in [0.2, 0.25) is 0 Å². The molecule has 13 nitrogen and oxygen atoms in total. The first-order valence-electron chi connectivity index (χ1n) is 14.4. The summed E-state index contributed by atoms with van der Waals surface area (Å²) in [5.41, 5.74) is 5.37. The highest BCUT2D eigenvalue weighted by Crippen LogP contribution is 2.22. The largest absolute Gasteiger partial charge is 0.508 e.